The molecule has 0 spiro atoms. The maximum Gasteiger partial charge on any atom is 0.253 e. The summed E-state index contributed by atoms with van der Waals surface area (Å²) in [7, 11) is 2.08. The van der Waals surface area contributed by atoms with Crippen LogP contribution in [-0.4, -0.2) is 94.9 Å². The van der Waals surface area contributed by atoms with E-state index < -0.39 is 0 Å². The fourth-order valence-corrected chi connectivity index (χ4v) is 5.17. The molecule has 206 valence electrons. The van der Waals surface area contributed by atoms with E-state index in [1.807, 2.05) is 76.3 Å². The number of nitrogens with zero attached hydrogens (tertiary/aromatic N) is 6. The molecule has 2 aliphatic rings. The zero-order valence-electron chi connectivity index (χ0n) is 22.4. The van der Waals surface area contributed by atoms with Gasteiger partial charge in [0, 0.05) is 68.0 Å². The largest absolute Gasteiger partial charge is 0.378 e. The smallest absolute Gasteiger partial charge is 0.253 e. The monoisotopic (exact) mass is 556 g/mol. The Morgan fingerprint density at radius 2 is 1.52 bits per heavy atom. The van der Waals surface area contributed by atoms with Crippen molar-refractivity contribution in [1.82, 2.24) is 24.4 Å². The molecule has 40 heavy (non-hydrogen) atoms. The standard InChI is InChI=1S/C29H32N8O2S/c1-34-13-15-36(16-14-34)28(38)22-6-10-24(11-7-22)31-29(40)30-23-8-4-21(5-9-23)26-32-27(35-17-19-39-20-18-35)25-3-2-12-37(25)33-26/h2-12H,13-20H2,1H3,(H2,30,31,40). The molecule has 0 atom stereocenters. The van der Waals surface area contributed by atoms with Crippen molar-refractivity contribution in [2.45, 2.75) is 0 Å². The molecule has 6 rings (SSSR count). The Morgan fingerprint density at radius 3 is 2.20 bits per heavy atom. The average molecular weight is 557 g/mol. The number of ether oxygens (including phenoxy) is 1. The molecule has 2 saturated heterocycles. The van der Waals surface area contributed by atoms with Crippen LogP contribution in [0.3, 0.4) is 0 Å². The van der Waals surface area contributed by atoms with Crippen molar-refractivity contribution in [1.29, 1.82) is 0 Å². The number of nitrogens with one attached hydrogen (secondary N) is 2. The highest BCUT2D eigenvalue weighted by atomic mass is 32.1. The lowest BCUT2D eigenvalue weighted by molar-refractivity contribution is 0.0664. The lowest BCUT2D eigenvalue weighted by Gasteiger charge is -2.32. The summed E-state index contributed by atoms with van der Waals surface area (Å²) >= 11 is 5.53. The van der Waals surface area contributed by atoms with E-state index in [2.05, 4.69) is 27.5 Å². The number of carbonyl (C=O) groups is 1. The maximum absolute atomic E-state index is 12.8. The van der Waals surface area contributed by atoms with Gasteiger partial charge in [0.15, 0.2) is 16.8 Å². The number of amides is 1. The average Bonchev–Trinajstić information content (AvgIpc) is 3.47. The summed E-state index contributed by atoms with van der Waals surface area (Å²) in [5.41, 5.74) is 4.24. The number of benzene rings is 2. The van der Waals surface area contributed by atoms with Crippen molar-refractivity contribution < 1.29 is 9.53 Å². The predicted molar refractivity (Wildman–Crippen MR) is 161 cm³/mol. The van der Waals surface area contributed by atoms with Gasteiger partial charge in [-0.1, -0.05) is 0 Å². The third-order valence-corrected chi connectivity index (χ3v) is 7.47. The second kappa shape index (κ2) is 11.6. The van der Waals surface area contributed by atoms with Gasteiger partial charge in [0.25, 0.3) is 5.91 Å². The minimum absolute atomic E-state index is 0.0670. The normalized spacial score (nSPS) is 16.2. The van der Waals surface area contributed by atoms with Gasteiger partial charge in [-0.3, -0.25) is 4.79 Å². The summed E-state index contributed by atoms with van der Waals surface area (Å²) in [6, 6.07) is 19.3. The van der Waals surface area contributed by atoms with Crippen LogP contribution in [0.1, 0.15) is 10.4 Å². The Kier molecular flexibility index (Phi) is 7.58. The second-order valence-corrected chi connectivity index (χ2v) is 10.4. The lowest BCUT2D eigenvalue weighted by atomic mass is 10.1. The van der Waals surface area contributed by atoms with E-state index in [0.29, 0.717) is 29.7 Å². The van der Waals surface area contributed by atoms with Gasteiger partial charge >= 0.3 is 0 Å². The highest BCUT2D eigenvalue weighted by Crippen LogP contribution is 2.25. The molecule has 2 N–H and O–H groups in total. The molecule has 0 saturated carbocycles. The summed E-state index contributed by atoms with van der Waals surface area (Å²) < 4.78 is 7.40. The third-order valence-electron chi connectivity index (χ3n) is 7.26. The van der Waals surface area contributed by atoms with Gasteiger partial charge in [0.2, 0.25) is 0 Å². The minimum Gasteiger partial charge on any atom is -0.378 e. The van der Waals surface area contributed by atoms with Gasteiger partial charge in [-0.2, -0.15) is 0 Å². The summed E-state index contributed by atoms with van der Waals surface area (Å²) in [5, 5.41) is 11.6. The van der Waals surface area contributed by atoms with Crippen LogP contribution in [-0.2, 0) is 4.74 Å². The number of rotatable bonds is 5. The molecule has 2 fully saturated rings. The van der Waals surface area contributed by atoms with Crippen LogP contribution in [0.25, 0.3) is 16.9 Å². The van der Waals surface area contributed by atoms with Gasteiger partial charge in [0.05, 0.1) is 13.2 Å². The quantitative estimate of drug-likeness (QED) is 0.359. The zero-order chi connectivity index (χ0) is 27.5. The third kappa shape index (κ3) is 5.76. The molecule has 2 aromatic heterocycles. The first-order valence-corrected chi connectivity index (χ1v) is 13.9. The van der Waals surface area contributed by atoms with Crippen LogP contribution in [0.2, 0.25) is 0 Å². The molecule has 2 aliphatic heterocycles. The first-order valence-electron chi connectivity index (χ1n) is 13.5. The number of piperazine rings is 1. The fraction of sp³-hybridized carbons (Fsp3) is 0.310. The summed E-state index contributed by atoms with van der Waals surface area (Å²) in [5.74, 6) is 1.64. The molecule has 10 nitrogen and oxygen atoms in total. The van der Waals surface area contributed by atoms with Crippen molar-refractivity contribution in [2.75, 3.05) is 75.1 Å². The molecule has 0 unspecified atom stereocenters. The van der Waals surface area contributed by atoms with Gasteiger partial charge < -0.3 is 30.1 Å². The van der Waals surface area contributed by atoms with Crippen molar-refractivity contribution >= 4 is 45.9 Å². The van der Waals surface area contributed by atoms with Crippen molar-refractivity contribution in [3.8, 4) is 11.4 Å². The van der Waals surface area contributed by atoms with E-state index in [0.717, 1.165) is 67.5 Å². The zero-order valence-corrected chi connectivity index (χ0v) is 23.2. The minimum atomic E-state index is 0.0670. The molecule has 11 heteroatoms. The summed E-state index contributed by atoms with van der Waals surface area (Å²) in [4.78, 5) is 24.1. The number of likely N-dealkylation sites (N-methyl/N-ethyl adjacent to an activating group) is 1. The van der Waals surface area contributed by atoms with E-state index in [4.69, 9.17) is 27.0 Å². The van der Waals surface area contributed by atoms with Gasteiger partial charge in [0.1, 0.15) is 5.52 Å². The Balaban J connectivity index is 1.09. The number of hydrogen-bond donors (Lipinski definition) is 2. The van der Waals surface area contributed by atoms with Gasteiger partial charge in [-0.25, -0.2) is 9.50 Å². The Hall–Kier alpha value is -4.06. The summed E-state index contributed by atoms with van der Waals surface area (Å²) in [6.07, 6.45) is 1.94. The number of hydrogen-bond acceptors (Lipinski definition) is 7. The van der Waals surface area contributed by atoms with Crippen molar-refractivity contribution in [3.05, 3.63) is 72.4 Å². The maximum atomic E-state index is 12.8. The Morgan fingerprint density at radius 1 is 0.875 bits per heavy atom. The van der Waals surface area contributed by atoms with Crippen LogP contribution >= 0.6 is 12.2 Å². The van der Waals surface area contributed by atoms with Crippen LogP contribution < -0.4 is 15.5 Å². The molecule has 1 amide bonds. The van der Waals surface area contributed by atoms with Crippen LogP contribution in [0, 0.1) is 0 Å². The van der Waals surface area contributed by atoms with E-state index in [1.54, 1.807) is 0 Å². The van der Waals surface area contributed by atoms with Crippen molar-refractivity contribution in [2.24, 2.45) is 0 Å². The molecular weight excluding hydrogens is 524 g/mol. The van der Waals surface area contributed by atoms with Crippen LogP contribution in [0.4, 0.5) is 17.2 Å². The Labute approximate surface area is 238 Å². The SMILES string of the molecule is CN1CCN(C(=O)c2ccc(NC(=S)Nc3ccc(-c4nc(N5CCOCC5)c5cccn5n4)cc3)cc2)CC1. The molecule has 0 radical (unpaired) electrons. The molecule has 4 heterocycles. The highest BCUT2D eigenvalue weighted by molar-refractivity contribution is 7.80. The number of fused-ring (bicyclic) bond motifs is 1. The van der Waals surface area contributed by atoms with E-state index in [9.17, 15) is 4.79 Å². The molecule has 4 aromatic rings. The van der Waals surface area contributed by atoms with E-state index >= 15 is 0 Å². The molecular formula is C29H32N8O2S. The number of anilines is 3. The fourth-order valence-electron chi connectivity index (χ4n) is 4.93. The second-order valence-electron chi connectivity index (χ2n) is 10.0. The number of aromatic nitrogens is 3. The van der Waals surface area contributed by atoms with Crippen LogP contribution in [0.15, 0.2) is 66.9 Å². The molecule has 0 bridgehead atoms. The summed E-state index contributed by atoms with van der Waals surface area (Å²) in [6.45, 7) is 6.31. The van der Waals surface area contributed by atoms with E-state index in [1.165, 1.54) is 0 Å². The molecule has 2 aromatic carbocycles. The van der Waals surface area contributed by atoms with Crippen molar-refractivity contribution in [3.63, 3.8) is 0 Å². The number of carbonyl (C=O) groups excluding carboxylic acids is 1. The van der Waals surface area contributed by atoms with Gasteiger partial charge in [-0.05, 0) is 79.9 Å². The van der Waals surface area contributed by atoms with E-state index in [-0.39, 0.29) is 5.91 Å². The van der Waals surface area contributed by atoms with Gasteiger partial charge in [-0.15, -0.1) is 5.10 Å². The predicted octanol–water partition coefficient (Wildman–Crippen LogP) is 3.43. The van der Waals surface area contributed by atoms with Crippen LogP contribution in [0.5, 0.6) is 0 Å². The lowest BCUT2D eigenvalue weighted by Crippen LogP contribution is -2.47. The first kappa shape index (κ1) is 26.2. The highest BCUT2D eigenvalue weighted by Gasteiger charge is 2.21. The first-order chi connectivity index (χ1) is 19.5. The number of morpholine rings is 1. The molecule has 0 aliphatic carbocycles. The Bertz CT molecular complexity index is 1490. The topological polar surface area (TPSA) is 90.3 Å². The number of thiocarbonyl (C=S) groups is 1.